The van der Waals surface area contributed by atoms with Crippen molar-refractivity contribution in [2.24, 2.45) is 0 Å². The van der Waals surface area contributed by atoms with Gasteiger partial charge >= 0.3 is 0 Å². The topological polar surface area (TPSA) is 54.0 Å². The van der Waals surface area contributed by atoms with Crippen molar-refractivity contribution in [2.45, 2.75) is 19.9 Å². The number of carbonyl (C=O) groups is 1. The summed E-state index contributed by atoms with van der Waals surface area (Å²) in [4.78, 5) is 16.0. The molecule has 0 unspecified atom stereocenters. The first-order valence-electron chi connectivity index (χ1n) is 6.44. The van der Waals surface area contributed by atoms with Gasteiger partial charge in [-0.3, -0.25) is 4.79 Å². The summed E-state index contributed by atoms with van der Waals surface area (Å²) in [6, 6.07) is 6.64. The van der Waals surface area contributed by atoms with Crippen LogP contribution in [0.3, 0.4) is 0 Å². The lowest BCUT2D eigenvalue weighted by Crippen LogP contribution is -2.14. The third-order valence-electron chi connectivity index (χ3n) is 2.64. The van der Waals surface area contributed by atoms with E-state index in [1.54, 1.807) is 12.1 Å². The van der Waals surface area contributed by atoms with Gasteiger partial charge in [-0.05, 0) is 44.2 Å². The van der Waals surface area contributed by atoms with Crippen LogP contribution in [0.25, 0.3) is 0 Å². The predicted octanol–water partition coefficient (Wildman–Crippen LogP) is 3.43. The molecular formula is C15H15F2N3O. The summed E-state index contributed by atoms with van der Waals surface area (Å²) in [5, 5.41) is 5.68. The van der Waals surface area contributed by atoms with Crippen LogP contribution in [0.2, 0.25) is 0 Å². The van der Waals surface area contributed by atoms with Crippen molar-refractivity contribution >= 4 is 17.4 Å². The molecule has 2 aromatic rings. The molecule has 2 rings (SSSR count). The molecule has 0 saturated heterocycles. The number of amides is 1. The zero-order chi connectivity index (χ0) is 15.4. The minimum absolute atomic E-state index is 0.0401. The van der Waals surface area contributed by atoms with E-state index in [0.717, 1.165) is 12.1 Å². The largest absolute Gasteiger partial charge is 0.368 e. The minimum atomic E-state index is -1.06. The number of aromatic nitrogens is 1. The van der Waals surface area contributed by atoms with Crippen molar-refractivity contribution in [3.05, 3.63) is 53.7 Å². The number of hydrogen-bond acceptors (Lipinski definition) is 3. The molecule has 0 fully saturated rings. The molecule has 1 aromatic heterocycles. The number of carbonyl (C=O) groups excluding carboxylic acids is 1. The molecule has 2 N–H and O–H groups in total. The fraction of sp³-hybridized carbons (Fsp3) is 0.200. The first kappa shape index (κ1) is 14.9. The summed E-state index contributed by atoms with van der Waals surface area (Å²) in [7, 11) is 0. The van der Waals surface area contributed by atoms with E-state index in [-0.39, 0.29) is 11.6 Å². The summed E-state index contributed by atoms with van der Waals surface area (Å²) < 4.78 is 25.9. The maximum atomic E-state index is 13.1. The minimum Gasteiger partial charge on any atom is -0.368 e. The van der Waals surface area contributed by atoms with Crippen LogP contribution in [0.15, 0.2) is 36.5 Å². The Labute approximate surface area is 121 Å². The van der Waals surface area contributed by atoms with Crippen molar-refractivity contribution in [3.63, 3.8) is 0 Å². The van der Waals surface area contributed by atoms with Gasteiger partial charge < -0.3 is 10.6 Å². The maximum Gasteiger partial charge on any atom is 0.255 e. The van der Waals surface area contributed by atoms with Crippen molar-refractivity contribution in [3.8, 4) is 0 Å². The van der Waals surface area contributed by atoms with Crippen molar-refractivity contribution in [2.75, 3.05) is 10.6 Å². The quantitative estimate of drug-likeness (QED) is 0.907. The van der Waals surface area contributed by atoms with Gasteiger partial charge in [0.2, 0.25) is 0 Å². The molecule has 4 nitrogen and oxygen atoms in total. The molecule has 1 aromatic carbocycles. The van der Waals surface area contributed by atoms with Gasteiger partial charge in [-0.25, -0.2) is 13.8 Å². The normalized spacial score (nSPS) is 10.5. The second-order valence-electron chi connectivity index (χ2n) is 4.81. The fourth-order valence-corrected chi connectivity index (χ4v) is 1.69. The van der Waals surface area contributed by atoms with Gasteiger partial charge in [-0.1, -0.05) is 0 Å². The van der Waals surface area contributed by atoms with Crippen LogP contribution in [0, 0.1) is 11.6 Å². The number of benzene rings is 1. The number of rotatable bonds is 4. The smallest absolute Gasteiger partial charge is 0.255 e. The monoisotopic (exact) mass is 291 g/mol. The molecule has 1 amide bonds. The van der Waals surface area contributed by atoms with Crippen LogP contribution in [0.5, 0.6) is 0 Å². The Morgan fingerprint density at radius 1 is 1.14 bits per heavy atom. The van der Waals surface area contributed by atoms with E-state index in [9.17, 15) is 13.6 Å². The molecule has 0 aliphatic rings. The molecule has 0 saturated carbocycles. The van der Waals surface area contributed by atoms with Crippen molar-refractivity contribution in [1.82, 2.24) is 4.98 Å². The summed E-state index contributed by atoms with van der Waals surface area (Å²) in [6.45, 7) is 3.97. The van der Waals surface area contributed by atoms with E-state index in [0.29, 0.717) is 11.5 Å². The average molecular weight is 291 g/mol. The summed E-state index contributed by atoms with van der Waals surface area (Å²) in [6.07, 6.45) is 1.49. The van der Waals surface area contributed by atoms with Crippen molar-refractivity contribution in [1.29, 1.82) is 0 Å². The lowest BCUT2D eigenvalue weighted by molar-refractivity contribution is 0.102. The average Bonchev–Trinajstić information content (AvgIpc) is 2.43. The van der Waals surface area contributed by atoms with Gasteiger partial charge in [-0.2, -0.15) is 0 Å². The highest BCUT2D eigenvalue weighted by molar-refractivity contribution is 6.04. The third-order valence-corrected chi connectivity index (χ3v) is 2.64. The van der Waals surface area contributed by atoms with Gasteiger partial charge in [0.15, 0.2) is 11.6 Å². The highest BCUT2D eigenvalue weighted by Crippen LogP contribution is 2.14. The van der Waals surface area contributed by atoms with Crippen molar-refractivity contribution < 1.29 is 13.6 Å². The Kier molecular flexibility index (Phi) is 4.47. The zero-order valence-corrected chi connectivity index (χ0v) is 11.7. The molecule has 6 heteroatoms. The first-order chi connectivity index (χ1) is 9.95. The van der Waals surface area contributed by atoms with Crippen LogP contribution in [-0.4, -0.2) is 16.9 Å². The van der Waals surface area contributed by atoms with E-state index in [4.69, 9.17) is 0 Å². The van der Waals surface area contributed by atoms with E-state index >= 15 is 0 Å². The summed E-state index contributed by atoms with van der Waals surface area (Å²) in [5.41, 5.74) is 0.511. The third kappa shape index (κ3) is 3.98. The molecule has 110 valence electrons. The van der Waals surface area contributed by atoms with E-state index in [2.05, 4.69) is 15.6 Å². The fourth-order valence-electron chi connectivity index (χ4n) is 1.69. The Morgan fingerprint density at radius 3 is 2.48 bits per heavy atom. The Balaban J connectivity index is 2.06. The highest BCUT2D eigenvalue weighted by atomic mass is 19.2. The summed E-state index contributed by atoms with van der Waals surface area (Å²) in [5.74, 6) is -1.88. The zero-order valence-electron chi connectivity index (χ0n) is 11.7. The van der Waals surface area contributed by atoms with Crippen LogP contribution in [-0.2, 0) is 0 Å². The predicted molar refractivity (Wildman–Crippen MR) is 77.3 cm³/mol. The van der Waals surface area contributed by atoms with Gasteiger partial charge in [-0.15, -0.1) is 0 Å². The lowest BCUT2D eigenvalue weighted by atomic mass is 10.2. The molecule has 0 aliphatic heterocycles. The Hall–Kier alpha value is -2.50. The van der Waals surface area contributed by atoms with Crippen LogP contribution >= 0.6 is 0 Å². The Bertz CT molecular complexity index is 642. The standard InChI is InChI=1S/C15H15F2N3O/c1-9(2)19-14-6-4-11(8-18-14)20-15(21)10-3-5-12(16)13(17)7-10/h3-9H,1-2H3,(H,18,19)(H,20,21). The first-order valence-corrected chi connectivity index (χ1v) is 6.44. The van der Waals surface area contributed by atoms with Gasteiger partial charge in [0.05, 0.1) is 11.9 Å². The number of halogens is 2. The maximum absolute atomic E-state index is 13.1. The number of hydrogen-bond donors (Lipinski definition) is 2. The molecule has 0 bridgehead atoms. The molecule has 0 spiro atoms. The van der Waals surface area contributed by atoms with Gasteiger partial charge in [0.25, 0.3) is 5.91 Å². The number of pyridine rings is 1. The molecule has 21 heavy (non-hydrogen) atoms. The molecule has 0 radical (unpaired) electrons. The molecular weight excluding hydrogens is 276 g/mol. The highest BCUT2D eigenvalue weighted by Gasteiger charge is 2.10. The molecule has 0 aliphatic carbocycles. The molecule has 1 heterocycles. The number of anilines is 2. The second kappa shape index (κ2) is 6.30. The lowest BCUT2D eigenvalue weighted by Gasteiger charge is -2.10. The molecule has 0 atom stereocenters. The van der Waals surface area contributed by atoms with Crippen LogP contribution in [0.1, 0.15) is 24.2 Å². The van der Waals surface area contributed by atoms with Gasteiger partial charge in [0.1, 0.15) is 5.82 Å². The SMILES string of the molecule is CC(C)Nc1ccc(NC(=O)c2ccc(F)c(F)c2)cn1. The number of nitrogens with one attached hydrogen (secondary N) is 2. The van der Waals surface area contributed by atoms with Gasteiger partial charge in [0, 0.05) is 11.6 Å². The van der Waals surface area contributed by atoms with Crippen LogP contribution in [0.4, 0.5) is 20.3 Å². The van der Waals surface area contributed by atoms with E-state index in [1.807, 2.05) is 13.8 Å². The number of nitrogens with zero attached hydrogens (tertiary/aromatic N) is 1. The van der Waals surface area contributed by atoms with E-state index in [1.165, 1.54) is 12.3 Å². The summed E-state index contributed by atoms with van der Waals surface area (Å²) >= 11 is 0. The van der Waals surface area contributed by atoms with Crippen LogP contribution < -0.4 is 10.6 Å². The Morgan fingerprint density at radius 2 is 1.90 bits per heavy atom. The van der Waals surface area contributed by atoms with E-state index < -0.39 is 17.5 Å². The second-order valence-corrected chi connectivity index (χ2v) is 4.81.